The summed E-state index contributed by atoms with van der Waals surface area (Å²) in [6, 6.07) is 13.5. The van der Waals surface area contributed by atoms with Crippen LogP contribution in [0.25, 0.3) is 10.2 Å². The number of aryl methyl sites for hydroxylation is 1. The van der Waals surface area contributed by atoms with Crippen molar-refractivity contribution in [3.63, 3.8) is 0 Å². The van der Waals surface area contributed by atoms with E-state index >= 15 is 0 Å². The van der Waals surface area contributed by atoms with Crippen molar-refractivity contribution in [2.45, 2.75) is 38.3 Å². The third-order valence-electron chi connectivity index (χ3n) is 6.59. The van der Waals surface area contributed by atoms with Crippen molar-refractivity contribution in [3.8, 4) is 6.07 Å². The number of fused-ring (bicyclic) bond motifs is 3. The van der Waals surface area contributed by atoms with Crippen molar-refractivity contribution in [3.05, 3.63) is 52.0 Å². The number of rotatable bonds is 6. The topological polar surface area (TPSA) is 93.1 Å². The Morgan fingerprint density at radius 1 is 1.27 bits per heavy atom. The molecule has 4 heterocycles. The number of carbonyl (C=O) groups excluding carboxylic acids is 1. The summed E-state index contributed by atoms with van der Waals surface area (Å²) >= 11 is 1.41. The maximum absolute atomic E-state index is 12.9. The van der Waals surface area contributed by atoms with Crippen LogP contribution in [0.3, 0.4) is 0 Å². The first-order valence-corrected chi connectivity index (χ1v) is 12.3. The first-order chi connectivity index (χ1) is 16.1. The van der Waals surface area contributed by atoms with Gasteiger partial charge in [0.25, 0.3) is 5.91 Å². The number of hydrogen-bond donors (Lipinski definition) is 3. The molecule has 0 saturated carbocycles. The normalized spacial score (nSPS) is 19.5. The van der Waals surface area contributed by atoms with Crippen LogP contribution >= 0.6 is 11.3 Å². The molecule has 0 unspecified atom stereocenters. The molecular formula is C25H28N6OS. The average molecular weight is 461 g/mol. The van der Waals surface area contributed by atoms with Crippen LogP contribution in [-0.4, -0.2) is 49.7 Å². The lowest BCUT2D eigenvalue weighted by Crippen LogP contribution is -2.51. The Kier molecular flexibility index (Phi) is 5.92. The summed E-state index contributed by atoms with van der Waals surface area (Å²) in [5.74, 6) is -0.103. The molecule has 3 N–H and O–H groups in total. The lowest BCUT2D eigenvalue weighted by molar-refractivity contribution is 0.0959. The molecule has 2 fully saturated rings. The van der Waals surface area contributed by atoms with Crippen LogP contribution in [0.5, 0.6) is 0 Å². The fourth-order valence-electron chi connectivity index (χ4n) is 4.98. The molecule has 5 rings (SSSR count). The summed E-state index contributed by atoms with van der Waals surface area (Å²) < 4.78 is 0. The number of thiophene rings is 1. The van der Waals surface area contributed by atoms with E-state index in [2.05, 4.69) is 44.0 Å². The number of benzene rings is 1. The molecule has 0 spiro atoms. The molecule has 1 aromatic carbocycles. The van der Waals surface area contributed by atoms with Gasteiger partial charge in [0.15, 0.2) is 0 Å². The Morgan fingerprint density at radius 3 is 2.79 bits per heavy atom. The van der Waals surface area contributed by atoms with E-state index in [-0.39, 0.29) is 5.91 Å². The van der Waals surface area contributed by atoms with Gasteiger partial charge in [-0.1, -0.05) is 6.07 Å². The van der Waals surface area contributed by atoms with Gasteiger partial charge in [-0.2, -0.15) is 5.26 Å². The van der Waals surface area contributed by atoms with Gasteiger partial charge in [-0.3, -0.25) is 4.79 Å². The van der Waals surface area contributed by atoms with E-state index < -0.39 is 0 Å². The van der Waals surface area contributed by atoms with E-state index in [4.69, 9.17) is 0 Å². The van der Waals surface area contributed by atoms with Crippen LogP contribution in [0.4, 0.5) is 11.4 Å². The highest BCUT2D eigenvalue weighted by Gasteiger charge is 2.32. The third kappa shape index (κ3) is 4.26. The molecule has 3 aromatic rings. The minimum Gasteiger partial charge on any atom is -0.386 e. The second kappa shape index (κ2) is 9.00. The van der Waals surface area contributed by atoms with Gasteiger partial charge in [0.05, 0.1) is 16.9 Å². The lowest BCUT2D eigenvalue weighted by Gasteiger charge is -2.35. The lowest BCUT2D eigenvalue weighted by atomic mass is 10.0. The molecule has 1 amide bonds. The minimum atomic E-state index is -0.103. The second-order valence-corrected chi connectivity index (χ2v) is 9.87. The Hall–Kier alpha value is -3.15. The van der Waals surface area contributed by atoms with Crippen molar-refractivity contribution < 1.29 is 4.79 Å². The van der Waals surface area contributed by atoms with Crippen LogP contribution in [0.15, 0.2) is 30.3 Å². The average Bonchev–Trinajstić information content (AvgIpc) is 3.36. The van der Waals surface area contributed by atoms with E-state index in [0.29, 0.717) is 35.5 Å². The summed E-state index contributed by atoms with van der Waals surface area (Å²) in [5, 5.41) is 20.5. The van der Waals surface area contributed by atoms with E-state index in [9.17, 15) is 10.1 Å². The molecule has 2 bridgehead atoms. The molecular weight excluding hydrogens is 432 g/mol. The molecule has 170 valence electrons. The van der Waals surface area contributed by atoms with E-state index in [0.717, 1.165) is 45.9 Å². The standard InChI is InChI=1S/C25H28N6OS/c1-15-3-7-20-22(27-2)23(33-25(20)29-15)24(32)28-10-9-16-4-8-21(17(11-16)12-26)31-13-18-5-6-19(14-31)30-18/h3-4,7-8,11,18-19,27,30H,5-6,9-10,13-14H2,1-2H3,(H,28,32)/t18-,19+. The number of aromatic nitrogens is 1. The van der Waals surface area contributed by atoms with Gasteiger partial charge in [0, 0.05) is 49.8 Å². The van der Waals surface area contributed by atoms with Crippen LogP contribution in [0.2, 0.25) is 0 Å². The number of nitrogens with one attached hydrogen (secondary N) is 3. The molecule has 2 aliphatic heterocycles. The highest BCUT2D eigenvalue weighted by Crippen LogP contribution is 2.34. The molecule has 8 heteroatoms. The maximum atomic E-state index is 12.9. The molecule has 2 saturated heterocycles. The van der Waals surface area contributed by atoms with Gasteiger partial charge in [-0.25, -0.2) is 4.98 Å². The summed E-state index contributed by atoms with van der Waals surface area (Å²) in [4.78, 5) is 21.3. The molecule has 2 aromatic heterocycles. The highest BCUT2D eigenvalue weighted by molar-refractivity contribution is 7.21. The fourth-order valence-corrected chi connectivity index (χ4v) is 6.12. The number of carbonyl (C=O) groups is 1. The summed E-state index contributed by atoms with van der Waals surface area (Å²) in [6.45, 7) is 4.37. The SMILES string of the molecule is CNc1c(C(=O)NCCc2ccc(N3C[C@H]4CC[C@@H](C3)N4)c(C#N)c2)sc2nc(C)ccc12. The van der Waals surface area contributed by atoms with Crippen molar-refractivity contribution >= 4 is 38.8 Å². The van der Waals surface area contributed by atoms with Gasteiger partial charge >= 0.3 is 0 Å². The summed E-state index contributed by atoms with van der Waals surface area (Å²) in [5.41, 5.74) is 4.54. The van der Waals surface area contributed by atoms with Crippen molar-refractivity contribution in [2.24, 2.45) is 0 Å². The Bertz CT molecular complexity index is 1230. The number of hydrogen-bond acceptors (Lipinski definition) is 7. The van der Waals surface area contributed by atoms with Crippen LogP contribution < -0.4 is 20.9 Å². The van der Waals surface area contributed by atoms with Crippen LogP contribution in [-0.2, 0) is 6.42 Å². The van der Waals surface area contributed by atoms with Gasteiger partial charge in [-0.15, -0.1) is 11.3 Å². The number of amides is 1. The minimum absolute atomic E-state index is 0.103. The largest absolute Gasteiger partial charge is 0.386 e. The summed E-state index contributed by atoms with van der Waals surface area (Å²) in [6.07, 6.45) is 3.10. The zero-order valence-corrected chi connectivity index (χ0v) is 19.8. The number of anilines is 2. The van der Waals surface area contributed by atoms with Gasteiger partial charge in [0.1, 0.15) is 15.8 Å². The van der Waals surface area contributed by atoms with Crippen LogP contribution in [0, 0.1) is 18.3 Å². The predicted molar refractivity (Wildman–Crippen MR) is 133 cm³/mol. The van der Waals surface area contributed by atoms with Gasteiger partial charge in [-0.05, 0) is 56.0 Å². The van der Waals surface area contributed by atoms with Gasteiger partial charge < -0.3 is 20.9 Å². The molecule has 0 aliphatic carbocycles. The van der Waals surface area contributed by atoms with Crippen molar-refractivity contribution in [1.82, 2.24) is 15.6 Å². The van der Waals surface area contributed by atoms with Crippen molar-refractivity contribution in [1.29, 1.82) is 5.26 Å². The number of nitriles is 1. The smallest absolute Gasteiger partial charge is 0.263 e. The monoisotopic (exact) mass is 460 g/mol. The molecule has 2 atom stereocenters. The zero-order valence-electron chi connectivity index (χ0n) is 18.9. The molecule has 33 heavy (non-hydrogen) atoms. The molecule has 2 aliphatic rings. The Balaban J connectivity index is 1.25. The maximum Gasteiger partial charge on any atom is 0.263 e. The first kappa shape index (κ1) is 21.7. The fraction of sp³-hybridized carbons (Fsp3) is 0.400. The Labute approximate surface area is 197 Å². The Morgan fingerprint density at radius 2 is 2.06 bits per heavy atom. The van der Waals surface area contributed by atoms with E-state index in [1.54, 1.807) is 0 Å². The highest BCUT2D eigenvalue weighted by atomic mass is 32.1. The van der Waals surface area contributed by atoms with Crippen molar-refractivity contribution in [2.75, 3.05) is 36.9 Å². The summed E-state index contributed by atoms with van der Waals surface area (Å²) in [7, 11) is 1.83. The van der Waals surface area contributed by atoms with E-state index in [1.807, 2.05) is 32.2 Å². The zero-order chi connectivity index (χ0) is 22.9. The molecule has 0 radical (unpaired) electrons. The quantitative estimate of drug-likeness (QED) is 0.522. The first-order valence-electron chi connectivity index (χ1n) is 11.5. The van der Waals surface area contributed by atoms with Crippen LogP contribution in [0.1, 0.15) is 39.3 Å². The predicted octanol–water partition coefficient (Wildman–Crippen LogP) is 3.43. The third-order valence-corrected chi connectivity index (χ3v) is 7.69. The molecule has 7 nitrogen and oxygen atoms in total. The van der Waals surface area contributed by atoms with E-state index in [1.165, 1.54) is 24.2 Å². The number of nitrogens with zero attached hydrogens (tertiary/aromatic N) is 3. The second-order valence-electron chi connectivity index (χ2n) is 8.87. The van der Waals surface area contributed by atoms with Gasteiger partial charge in [0.2, 0.25) is 0 Å². The number of piperazine rings is 1. The number of pyridine rings is 1.